The van der Waals surface area contributed by atoms with Crippen LogP contribution in [0.4, 0.5) is 5.69 Å². The van der Waals surface area contributed by atoms with Gasteiger partial charge in [-0.2, -0.15) is 0 Å². The third-order valence-electron chi connectivity index (χ3n) is 4.95. The van der Waals surface area contributed by atoms with Crippen LogP contribution in [-0.2, 0) is 4.79 Å². The molecule has 1 heterocycles. The van der Waals surface area contributed by atoms with E-state index in [1.165, 1.54) is 5.69 Å². The molecule has 2 unspecified atom stereocenters. The van der Waals surface area contributed by atoms with Gasteiger partial charge in [0, 0.05) is 29.8 Å². The molecular formula is C21H25BrN2O. The molecule has 0 bridgehead atoms. The van der Waals surface area contributed by atoms with Gasteiger partial charge in [-0.1, -0.05) is 59.3 Å². The van der Waals surface area contributed by atoms with E-state index in [-0.39, 0.29) is 11.8 Å². The molecule has 3 nitrogen and oxygen atoms in total. The van der Waals surface area contributed by atoms with Crippen LogP contribution in [0.25, 0.3) is 0 Å². The van der Waals surface area contributed by atoms with E-state index >= 15 is 0 Å². The fourth-order valence-electron chi connectivity index (χ4n) is 3.53. The maximum atomic E-state index is 12.6. The summed E-state index contributed by atoms with van der Waals surface area (Å²) in [5.41, 5.74) is 2.35. The Morgan fingerprint density at radius 2 is 2.04 bits per heavy atom. The monoisotopic (exact) mass is 400 g/mol. The van der Waals surface area contributed by atoms with E-state index in [1.54, 1.807) is 0 Å². The van der Waals surface area contributed by atoms with Crippen LogP contribution in [0.2, 0.25) is 0 Å². The molecular weight excluding hydrogens is 376 g/mol. The van der Waals surface area contributed by atoms with E-state index in [0.717, 1.165) is 42.5 Å². The van der Waals surface area contributed by atoms with Crippen LogP contribution < -0.4 is 10.2 Å². The first kappa shape index (κ1) is 18.0. The van der Waals surface area contributed by atoms with Crippen molar-refractivity contribution in [2.45, 2.75) is 25.7 Å². The Balaban J connectivity index is 1.53. The van der Waals surface area contributed by atoms with Gasteiger partial charge in [0.05, 0.1) is 5.92 Å². The minimum atomic E-state index is -0.0521. The molecule has 0 aromatic heterocycles. The van der Waals surface area contributed by atoms with Crippen molar-refractivity contribution in [3.63, 3.8) is 0 Å². The number of halogens is 1. The summed E-state index contributed by atoms with van der Waals surface area (Å²) in [6.07, 6.45) is 1.94. The Morgan fingerprint density at radius 3 is 2.76 bits per heavy atom. The van der Waals surface area contributed by atoms with E-state index in [9.17, 15) is 4.79 Å². The molecule has 0 radical (unpaired) electrons. The molecule has 25 heavy (non-hydrogen) atoms. The van der Waals surface area contributed by atoms with E-state index in [0.29, 0.717) is 5.92 Å². The van der Waals surface area contributed by atoms with E-state index < -0.39 is 0 Å². The van der Waals surface area contributed by atoms with Gasteiger partial charge in [-0.3, -0.25) is 4.79 Å². The number of anilines is 1. The van der Waals surface area contributed by atoms with Crippen molar-refractivity contribution in [3.8, 4) is 0 Å². The second-order valence-electron chi connectivity index (χ2n) is 6.70. The number of hydrogen-bond acceptors (Lipinski definition) is 2. The highest BCUT2D eigenvalue weighted by Gasteiger charge is 2.25. The summed E-state index contributed by atoms with van der Waals surface area (Å²) >= 11 is 3.54. The molecule has 132 valence electrons. The molecule has 1 N–H and O–H groups in total. The highest BCUT2D eigenvalue weighted by Crippen LogP contribution is 2.26. The third-order valence-corrected chi connectivity index (χ3v) is 5.44. The summed E-state index contributed by atoms with van der Waals surface area (Å²) in [5.74, 6) is 0.606. The molecule has 2 aromatic rings. The predicted molar refractivity (Wildman–Crippen MR) is 107 cm³/mol. The maximum Gasteiger partial charge on any atom is 0.227 e. The lowest BCUT2D eigenvalue weighted by Crippen LogP contribution is -2.34. The van der Waals surface area contributed by atoms with Crippen LogP contribution in [0.5, 0.6) is 0 Å². The molecule has 1 aliphatic rings. The number of carbonyl (C=O) groups excluding carboxylic acids is 1. The number of amides is 1. The number of hydrogen-bond donors (Lipinski definition) is 1. The largest absolute Gasteiger partial charge is 0.371 e. The molecule has 0 spiro atoms. The summed E-state index contributed by atoms with van der Waals surface area (Å²) in [5, 5.41) is 3.18. The van der Waals surface area contributed by atoms with Crippen LogP contribution in [0.3, 0.4) is 0 Å². The van der Waals surface area contributed by atoms with Crippen molar-refractivity contribution in [1.29, 1.82) is 0 Å². The average molecular weight is 401 g/mol. The molecule has 1 fully saturated rings. The lowest BCUT2D eigenvalue weighted by Gasteiger charge is -2.20. The van der Waals surface area contributed by atoms with Gasteiger partial charge in [0.15, 0.2) is 0 Å². The van der Waals surface area contributed by atoms with Gasteiger partial charge in [-0.05, 0) is 42.5 Å². The first-order valence-corrected chi connectivity index (χ1v) is 9.80. The summed E-state index contributed by atoms with van der Waals surface area (Å²) < 4.78 is 1.11. The maximum absolute atomic E-state index is 12.6. The van der Waals surface area contributed by atoms with Gasteiger partial charge in [0.25, 0.3) is 0 Å². The quantitative estimate of drug-likeness (QED) is 0.768. The van der Waals surface area contributed by atoms with Gasteiger partial charge in [-0.25, -0.2) is 0 Å². The number of rotatable bonds is 6. The minimum absolute atomic E-state index is 0.0521. The van der Waals surface area contributed by atoms with Crippen molar-refractivity contribution < 1.29 is 4.79 Å². The number of nitrogens with one attached hydrogen (secondary N) is 1. The van der Waals surface area contributed by atoms with E-state index in [4.69, 9.17) is 0 Å². The highest BCUT2D eigenvalue weighted by molar-refractivity contribution is 9.10. The van der Waals surface area contributed by atoms with Gasteiger partial charge in [0.1, 0.15) is 0 Å². The molecule has 2 aromatic carbocycles. The Morgan fingerprint density at radius 1 is 1.24 bits per heavy atom. The van der Waals surface area contributed by atoms with Crippen molar-refractivity contribution >= 4 is 27.5 Å². The van der Waals surface area contributed by atoms with Gasteiger partial charge >= 0.3 is 0 Å². The predicted octanol–water partition coefficient (Wildman–Crippen LogP) is 4.59. The Hall–Kier alpha value is -1.81. The minimum Gasteiger partial charge on any atom is -0.371 e. The molecule has 2 atom stereocenters. The molecule has 1 saturated heterocycles. The summed E-state index contributed by atoms with van der Waals surface area (Å²) in [7, 11) is 0. The second-order valence-corrected chi connectivity index (χ2v) is 7.61. The average Bonchev–Trinajstić information content (AvgIpc) is 3.11. The smallest absolute Gasteiger partial charge is 0.227 e. The zero-order chi connectivity index (χ0) is 17.6. The molecule has 0 aliphatic carbocycles. The fraction of sp³-hybridized carbons (Fsp3) is 0.381. The Bertz CT molecular complexity index is 704. The normalized spacial score (nSPS) is 18.2. The van der Waals surface area contributed by atoms with E-state index in [2.05, 4.69) is 51.3 Å². The van der Waals surface area contributed by atoms with Gasteiger partial charge in [0.2, 0.25) is 5.91 Å². The SMILES string of the molecule is CCC(C(=O)NCC1CCN(c2cccc(Br)c2)C1)c1ccccc1. The van der Waals surface area contributed by atoms with Crippen LogP contribution in [-0.4, -0.2) is 25.5 Å². The van der Waals surface area contributed by atoms with Crippen molar-refractivity contribution in [2.75, 3.05) is 24.5 Å². The number of benzene rings is 2. The molecule has 4 heteroatoms. The fourth-order valence-corrected chi connectivity index (χ4v) is 3.92. The highest BCUT2D eigenvalue weighted by atomic mass is 79.9. The topological polar surface area (TPSA) is 32.3 Å². The molecule has 3 rings (SSSR count). The zero-order valence-corrected chi connectivity index (χ0v) is 16.2. The van der Waals surface area contributed by atoms with Crippen LogP contribution >= 0.6 is 15.9 Å². The van der Waals surface area contributed by atoms with Crippen LogP contribution in [0.1, 0.15) is 31.2 Å². The van der Waals surface area contributed by atoms with Gasteiger partial charge < -0.3 is 10.2 Å². The summed E-state index contributed by atoms with van der Waals surface area (Å²) in [6, 6.07) is 18.5. The Kier molecular flexibility index (Phi) is 6.14. The van der Waals surface area contributed by atoms with Gasteiger partial charge in [-0.15, -0.1) is 0 Å². The first-order valence-electron chi connectivity index (χ1n) is 9.00. The van der Waals surface area contributed by atoms with Crippen molar-refractivity contribution in [2.24, 2.45) is 5.92 Å². The number of nitrogens with zero attached hydrogens (tertiary/aromatic N) is 1. The molecule has 0 saturated carbocycles. The first-order chi connectivity index (χ1) is 12.2. The summed E-state index contributed by atoms with van der Waals surface area (Å²) in [4.78, 5) is 15.0. The summed E-state index contributed by atoms with van der Waals surface area (Å²) in [6.45, 7) is 4.88. The molecule has 1 aliphatic heterocycles. The number of carbonyl (C=O) groups is 1. The standard InChI is InChI=1S/C21H25BrN2O/c1-2-20(17-7-4-3-5-8-17)21(25)23-14-16-11-12-24(15-16)19-10-6-9-18(22)13-19/h3-10,13,16,20H,2,11-12,14-15H2,1H3,(H,23,25). The van der Waals surface area contributed by atoms with Crippen molar-refractivity contribution in [1.82, 2.24) is 5.32 Å². The van der Waals surface area contributed by atoms with Crippen LogP contribution in [0, 0.1) is 5.92 Å². The zero-order valence-electron chi connectivity index (χ0n) is 14.6. The lowest BCUT2D eigenvalue weighted by molar-refractivity contribution is -0.122. The van der Waals surface area contributed by atoms with Crippen LogP contribution in [0.15, 0.2) is 59.1 Å². The third kappa shape index (κ3) is 4.63. The molecule has 1 amide bonds. The van der Waals surface area contributed by atoms with Crippen molar-refractivity contribution in [3.05, 3.63) is 64.6 Å². The second kappa shape index (κ2) is 8.52. The Labute approximate surface area is 158 Å². The van der Waals surface area contributed by atoms with E-state index in [1.807, 2.05) is 36.4 Å². The lowest BCUT2D eigenvalue weighted by atomic mass is 9.95.